The minimum Gasteiger partial charge on any atom is -0.339 e. The fraction of sp³-hybridized carbons (Fsp3) is 0.941. The molecule has 2 saturated carbocycles. The fourth-order valence-electron chi connectivity index (χ4n) is 3.93. The minimum atomic E-state index is 0.379. The number of nitrogens with zero attached hydrogens (tertiary/aromatic N) is 1. The number of carbonyl (C=O) groups is 1. The first-order chi connectivity index (χ1) is 9.81. The van der Waals surface area contributed by atoms with Gasteiger partial charge in [0.05, 0.1) is 0 Å². The SMILES string of the molecule is O=C(CC1CCCCCC1)N(CCCl)C1CCCCC1. The molecule has 0 bridgehead atoms. The zero-order valence-corrected chi connectivity index (χ0v) is 13.5. The molecule has 116 valence electrons. The van der Waals surface area contributed by atoms with Crippen molar-refractivity contribution in [2.45, 2.75) is 83.1 Å². The van der Waals surface area contributed by atoms with E-state index in [1.807, 2.05) is 0 Å². The maximum absolute atomic E-state index is 12.7. The Hall–Kier alpha value is -0.240. The van der Waals surface area contributed by atoms with Crippen molar-refractivity contribution in [1.82, 2.24) is 4.90 Å². The molecule has 1 amide bonds. The molecule has 0 heterocycles. The monoisotopic (exact) mass is 299 g/mol. The molecule has 0 aromatic heterocycles. The Morgan fingerprint density at radius 2 is 1.45 bits per heavy atom. The van der Waals surface area contributed by atoms with Gasteiger partial charge in [-0.1, -0.05) is 44.9 Å². The highest BCUT2D eigenvalue weighted by molar-refractivity contribution is 6.18. The third kappa shape index (κ3) is 4.95. The number of hydrogen-bond acceptors (Lipinski definition) is 1. The van der Waals surface area contributed by atoms with Gasteiger partial charge in [-0.2, -0.15) is 0 Å². The second-order valence-electron chi connectivity index (χ2n) is 6.63. The zero-order valence-electron chi connectivity index (χ0n) is 12.8. The summed E-state index contributed by atoms with van der Waals surface area (Å²) in [6, 6.07) is 0.473. The quantitative estimate of drug-likeness (QED) is 0.530. The lowest BCUT2D eigenvalue weighted by atomic mass is 9.92. The van der Waals surface area contributed by atoms with E-state index in [9.17, 15) is 4.79 Å². The van der Waals surface area contributed by atoms with Crippen LogP contribution in [-0.4, -0.2) is 29.3 Å². The van der Waals surface area contributed by atoms with Crippen molar-refractivity contribution < 1.29 is 4.79 Å². The Labute approximate surface area is 129 Å². The molecule has 0 N–H and O–H groups in total. The molecule has 2 aliphatic carbocycles. The summed E-state index contributed by atoms with van der Waals surface area (Å²) in [5.41, 5.74) is 0. The van der Waals surface area contributed by atoms with Gasteiger partial charge < -0.3 is 4.90 Å². The zero-order chi connectivity index (χ0) is 14.2. The van der Waals surface area contributed by atoms with Crippen molar-refractivity contribution in [3.63, 3.8) is 0 Å². The van der Waals surface area contributed by atoms with Crippen LogP contribution in [0, 0.1) is 5.92 Å². The van der Waals surface area contributed by atoms with E-state index in [1.165, 1.54) is 70.6 Å². The van der Waals surface area contributed by atoms with Crippen LogP contribution in [0.4, 0.5) is 0 Å². The normalized spacial score (nSPS) is 22.4. The maximum Gasteiger partial charge on any atom is 0.223 e. The van der Waals surface area contributed by atoms with Crippen molar-refractivity contribution in [1.29, 1.82) is 0 Å². The van der Waals surface area contributed by atoms with Gasteiger partial charge in [0.2, 0.25) is 5.91 Å². The third-order valence-corrected chi connectivity index (χ3v) is 5.27. The maximum atomic E-state index is 12.7. The van der Waals surface area contributed by atoms with E-state index in [4.69, 9.17) is 11.6 Å². The van der Waals surface area contributed by atoms with Crippen molar-refractivity contribution in [2.24, 2.45) is 5.92 Å². The second kappa shape index (κ2) is 8.92. The molecule has 0 aromatic carbocycles. The summed E-state index contributed by atoms with van der Waals surface area (Å²) in [6.07, 6.45) is 14.9. The topological polar surface area (TPSA) is 20.3 Å². The molecule has 0 unspecified atom stereocenters. The van der Waals surface area contributed by atoms with Crippen LogP contribution < -0.4 is 0 Å². The van der Waals surface area contributed by atoms with E-state index < -0.39 is 0 Å². The Balaban J connectivity index is 1.87. The highest BCUT2D eigenvalue weighted by Crippen LogP contribution is 2.28. The van der Waals surface area contributed by atoms with Gasteiger partial charge in [0.1, 0.15) is 0 Å². The van der Waals surface area contributed by atoms with E-state index >= 15 is 0 Å². The van der Waals surface area contributed by atoms with E-state index in [2.05, 4.69) is 4.90 Å². The molecule has 0 radical (unpaired) electrons. The molecule has 3 heteroatoms. The van der Waals surface area contributed by atoms with Crippen molar-refractivity contribution >= 4 is 17.5 Å². The lowest BCUT2D eigenvalue weighted by Crippen LogP contribution is -2.43. The van der Waals surface area contributed by atoms with E-state index in [0.29, 0.717) is 23.7 Å². The lowest BCUT2D eigenvalue weighted by Gasteiger charge is -2.35. The number of amides is 1. The molecule has 0 saturated heterocycles. The average molecular weight is 300 g/mol. The van der Waals surface area contributed by atoms with Crippen LogP contribution in [0.3, 0.4) is 0 Å². The molecule has 2 rings (SSSR count). The molecule has 0 aliphatic heterocycles. The van der Waals surface area contributed by atoms with Gasteiger partial charge in [0, 0.05) is 24.9 Å². The smallest absolute Gasteiger partial charge is 0.223 e. The molecule has 0 aromatic rings. The van der Waals surface area contributed by atoms with Crippen molar-refractivity contribution in [3.05, 3.63) is 0 Å². The molecular weight excluding hydrogens is 270 g/mol. The largest absolute Gasteiger partial charge is 0.339 e. The number of alkyl halides is 1. The molecule has 2 fully saturated rings. The van der Waals surface area contributed by atoms with E-state index in [-0.39, 0.29) is 0 Å². The summed E-state index contributed by atoms with van der Waals surface area (Å²) in [5.74, 6) is 1.59. The summed E-state index contributed by atoms with van der Waals surface area (Å²) in [4.78, 5) is 14.8. The van der Waals surface area contributed by atoms with Gasteiger partial charge in [0.15, 0.2) is 0 Å². The highest BCUT2D eigenvalue weighted by atomic mass is 35.5. The van der Waals surface area contributed by atoms with E-state index in [0.717, 1.165) is 13.0 Å². The van der Waals surface area contributed by atoms with Gasteiger partial charge in [-0.05, 0) is 31.6 Å². The van der Waals surface area contributed by atoms with Crippen LogP contribution in [-0.2, 0) is 4.79 Å². The summed E-state index contributed by atoms with van der Waals surface area (Å²) in [5, 5.41) is 0. The van der Waals surface area contributed by atoms with Crippen molar-refractivity contribution in [3.8, 4) is 0 Å². The molecule has 0 spiro atoms. The summed E-state index contributed by atoms with van der Waals surface area (Å²) in [6.45, 7) is 0.748. The predicted octanol–water partition coefficient (Wildman–Crippen LogP) is 4.75. The van der Waals surface area contributed by atoms with Crippen LogP contribution in [0.5, 0.6) is 0 Å². The Morgan fingerprint density at radius 1 is 0.900 bits per heavy atom. The number of halogens is 1. The van der Waals surface area contributed by atoms with Crippen molar-refractivity contribution in [2.75, 3.05) is 12.4 Å². The first kappa shape index (κ1) is 16.1. The van der Waals surface area contributed by atoms with Gasteiger partial charge in [-0.15, -0.1) is 11.6 Å². The second-order valence-corrected chi connectivity index (χ2v) is 7.01. The third-order valence-electron chi connectivity index (χ3n) is 5.10. The number of hydrogen-bond donors (Lipinski definition) is 0. The molecule has 2 aliphatic rings. The van der Waals surface area contributed by atoms with Crippen LogP contribution in [0.2, 0.25) is 0 Å². The molecule has 0 atom stereocenters. The average Bonchev–Trinajstić information content (AvgIpc) is 2.74. The first-order valence-corrected chi connectivity index (χ1v) is 9.20. The lowest BCUT2D eigenvalue weighted by molar-refractivity contribution is -0.135. The Kier molecular flexibility index (Phi) is 7.19. The van der Waals surface area contributed by atoms with Crippen LogP contribution >= 0.6 is 11.6 Å². The van der Waals surface area contributed by atoms with Gasteiger partial charge in [-0.3, -0.25) is 4.79 Å². The molecule has 20 heavy (non-hydrogen) atoms. The Morgan fingerprint density at radius 3 is 2.05 bits per heavy atom. The van der Waals surface area contributed by atoms with Gasteiger partial charge >= 0.3 is 0 Å². The summed E-state index contributed by atoms with van der Waals surface area (Å²) in [7, 11) is 0. The Bertz CT molecular complexity index is 281. The minimum absolute atomic E-state index is 0.379. The number of carbonyl (C=O) groups excluding carboxylic acids is 1. The standard InChI is InChI=1S/C17H30ClNO/c18-12-13-19(16-10-6-3-7-11-16)17(20)14-15-8-4-1-2-5-9-15/h15-16H,1-14H2. The molecular formula is C17H30ClNO. The van der Waals surface area contributed by atoms with Gasteiger partial charge in [-0.25, -0.2) is 0 Å². The molecule has 2 nitrogen and oxygen atoms in total. The fourth-order valence-corrected chi connectivity index (χ4v) is 4.11. The van der Waals surface area contributed by atoms with Crippen LogP contribution in [0.15, 0.2) is 0 Å². The number of rotatable bonds is 5. The predicted molar refractivity (Wildman–Crippen MR) is 85.1 cm³/mol. The van der Waals surface area contributed by atoms with Crippen LogP contribution in [0.25, 0.3) is 0 Å². The first-order valence-electron chi connectivity index (χ1n) is 8.66. The van der Waals surface area contributed by atoms with Crippen LogP contribution in [0.1, 0.15) is 77.0 Å². The summed E-state index contributed by atoms with van der Waals surface area (Å²) >= 11 is 5.93. The van der Waals surface area contributed by atoms with Gasteiger partial charge in [0.25, 0.3) is 0 Å². The van der Waals surface area contributed by atoms with E-state index in [1.54, 1.807) is 0 Å². The summed E-state index contributed by atoms with van der Waals surface area (Å²) < 4.78 is 0. The highest BCUT2D eigenvalue weighted by Gasteiger charge is 2.26.